The molecule has 2 atom stereocenters. The van der Waals surface area contributed by atoms with Gasteiger partial charge in [0.15, 0.2) is 0 Å². The summed E-state index contributed by atoms with van der Waals surface area (Å²) in [7, 11) is 0. The molecule has 1 aliphatic rings. The van der Waals surface area contributed by atoms with Crippen LogP contribution in [0.3, 0.4) is 0 Å². The van der Waals surface area contributed by atoms with E-state index in [2.05, 4.69) is 0 Å². The fourth-order valence-corrected chi connectivity index (χ4v) is 2.63. The van der Waals surface area contributed by atoms with Crippen molar-refractivity contribution < 1.29 is 17.6 Å². The highest BCUT2D eigenvalue weighted by Gasteiger charge is 2.35. The summed E-state index contributed by atoms with van der Waals surface area (Å²) in [6, 6.07) is 2.89. The van der Waals surface area contributed by atoms with E-state index >= 15 is 0 Å². The third-order valence-corrected chi connectivity index (χ3v) is 3.82. The van der Waals surface area contributed by atoms with Crippen LogP contribution in [0.1, 0.15) is 24.5 Å². The van der Waals surface area contributed by atoms with Crippen molar-refractivity contribution in [2.45, 2.75) is 32.1 Å². The zero-order valence-corrected chi connectivity index (χ0v) is 11.3. The Morgan fingerprint density at radius 1 is 1.40 bits per heavy atom. The van der Waals surface area contributed by atoms with Crippen LogP contribution in [0, 0.1) is 11.7 Å². The van der Waals surface area contributed by atoms with E-state index in [1.54, 1.807) is 0 Å². The van der Waals surface area contributed by atoms with E-state index in [-0.39, 0.29) is 18.2 Å². The van der Waals surface area contributed by atoms with Gasteiger partial charge in [0.05, 0.1) is 5.56 Å². The molecule has 0 radical (unpaired) electrons. The van der Waals surface area contributed by atoms with E-state index in [4.69, 9.17) is 5.73 Å². The van der Waals surface area contributed by atoms with Gasteiger partial charge in [-0.2, -0.15) is 13.2 Å². The van der Waals surface area contributed by atoms with Gasteiger partial charge < -0.3 is 5.73 Å². The molecular weight excluding hydrogens is 272 g/mol. The number of nitrogens with two attached hydrogens (primary N) is 1. The Balaban J connectivity index is 2.14. The van der Waals surface area contributed by atoms with Gasteiger partial charge in [-0.15, -0.1) is 0 Å². The van der Waals surface area contributed by atoms with Gasteiger partial charge in [0.1, 0.15) is 5.82 Å². The Kier molecular flexibility index (Phi) is 4.34. The molecule has 0 amide bonds. The SMILES string of the molecule is CC(N)C1CCN(Cc2ccc(F)cc2C(F)(F)F)C1. The summed E-state index contributed by atoms with van der Waals surface area (Å²) in [5, 5.41) is 0. The zero-order chi connectivity index (χ0) is 14.9. The van der Waals surface area contributed by atoms with Gasteiger partial charge in [-0.25, -0.2) is 4.39 Å². The lowest BCUT2D eigenvalue weighted by molar-refractivity contribution is -0.138. The summed E-state index contributed by atoms with van der Waals surface area (Å²) in [4.78, 5) is 1.94. The number of nitrogens with zero attached hydrogens (tertiary/aromatic N) is 1. The van der Waals surface area contributed by atoms with Gasteiger partial charge in [-0.3, -0.25) is 4.90 Å². The molecule has 1 aliphatic heterocycles. The highest BCUT2D eigenvalue weighted by atomic mass is 19.4. The molecule has 1 saturated heterocycles. The van der Waals surface area contributed by atoms with E-state index in [0.717, 1.165) is 19.0 Å². The van der Waals surface area contributed by atoms with Crippen LogP contribution in [0.4, 0.5) is 17.6 Å². The Morgan fingerprint density at radius 2 is 2.10 bits per heavy atom. The third kappa shape index (κ3) is 3.49. The van der Waals surface area contributed by atoms with Gasteiger partial charge in [-0.05, 0) is 43.5 Å². The topological polar surface area (TPSA) is 29.3 Å². The van der Waals surface area contributed by atoms with E-state index in [0.29, 0.717) is 18.5 Å². The van der Waals surface area contributed by atoms with Crippen LogP contribution in [0.15, 0.2) is 18.2 Å². The molecule has 2 nitrogen and oxygen atoms in total. The van der Waals surface area contributed by atoms with E-state index in [1.165, 1.54) is 6.07 Å². The lowest BCUT2D eigenvalue weighted by atomic mass is 10.0. The average molecular weight is 290 g/mol. The maximum Gasteiger partial charge on any atom is 0.416 e. The molecule has 1 aromatic rings. The normalized spacial score (nSPS) is 22.2. The molecule has 20 heavy (non-hydrogen) atoms. The molecule has 1 aromatic carbocycles. The summed E-state index contributed by atoms with van der Waals surface area (Å²) in [6.07, 6.45) is -3.64. The highest BCUT2D eigenvalue weighted by Crippen LogP contribution is 2.33. The number of halogens is 4. The van der Waals surface area contributed by atoms with Crippen LogP contribution < -0.4 is 5.73 Å². The molecular formula is C14H18F4N2. The minimum atomic E-state index is -4.53. The maximum atomic E-state index is 13.0. The lowest BCUT2D eigenvalue weighted by Gasteiger charge is -2.20. The first-order valence-corrected chi connectivity index (χ1v) is 6.61. The molecule has 2 rings (SSSR count). The zero-order valence-electron chi connectivity index (χ0n) is 11.3. The van der Waals surface area contributed by atoms with Gasteiger partial charge in [0, 0.05) is 19.1 Å². The lowest BCUT2D eigenvalue weighted by Crippen LogP contribution is -2.30. The van der Waals surface area contributed by atoms with Crippen LogP contribution in [0.5, 0.6) is 0 Å². The second-order valence-electron chi connectivity index (χ2n) is 5.44. The quantitative estimate of drug-likeness (QED) is 0.867. The molecule has 1 fully saturated rings. The van der Waals surface area contributed by atoms with E-state index < -0.39 is 17.6 Å². The smallest absolute Gasteiger partial charge is 0.328 e. The number of hydrogen-bond acceptors (Lipinski definition) is 2. The van der Waals surface area contributed by atoms with Crippen LogP contribution in [-0.2, 0) is 12.7 Å². The number of rotatable bonds is 3. The Labute approximate surface area is 115 Å². The standard InChI is InChI=1S/C14H18F4N2/c1-9(19)10-4-5-20(7-10)8-11-2-3-12(15)6-13(11)14(16,17)18/h2-3,6,9-10H,4-5,7-8,19H2,1H3. The molecule has 1 heterocycles. The van der Waals surface area contributed by atoms with Crippen LogP contribution in [0.25, 0.3) is 0 Å². The Bertz CT molecular complexity index is 471. The van der Waals surface area contributed by atoms with E-state index in [1.807, 2.05) is 11.8 Å². The van der Waals surface area contributed by atoms with Crippen molar-refractivity contribution in [1.29, 1.82) is 0 Å². The first-order valence-electron chi connectivity index (χ1n) is 6.61. The highest BCUT2D eigenvalue weighted by molar-refractivity contribution is 5.30. The van der Waals surface area contributed by atoms with Gasteiger partial charge in [-0.1, -0.05) is 6.07 Å². The number of benzene rings is 1. The summed E-state index contributed by atoms with van der Waals surface area (Å²) < 4.78 is 51.7. The van der Waals surface area contributed by atoms with Gasteiger partial charge >= 0.3 is 6.18 Å². The molecule has 0 aromatic heterocycles. The molecule has 0 aliphatic carbocycles. The molecule has 112 valence electrons. The Hall–Kier alpha value is -1.14. The predicted molar refractivity (Wildman–Crippen MR) is 68.4 cm³/mol. The van der Waals surface area contributed by atoms with Gasteiger partial charge in [0.25, 0.3) is 0 Å². The second-order valence-corrected chi connectivity index (χ2v) is 5.44. The molecule has 2 N–H and O–H groups in total. The van der Waals surface area contributed by atoms with Crippen molar-refractivity contribution in [3.63, 3.8) is 0 Å². The number of hydrogen-bond donors (Lipinski definition) is 1. The number of alkyl halides is 3. The largest absolute Gasteiger partial charge is 0.416 e. The molecule has 2 unspecified atom stereocenters. The Morgan fingerprint density at radius 3 is 2.65 bits per heavy atom. The summed E-state index contributed by atoms with van der Waals surface area (Å²) >= 11 is 0. The summed E-state index contributed by atoms with van der Waals surface area (Å²) in [5.41, 5.74) is 5.04. The molecule has 0 saturated carbocycles. The fourth-order valence-electron chi connectivity index (χ4n) is 2.63. The number of likely N-dealkylation sites (tertiary alicyclic amines) is 1. The average Bonchev–Trinajstić information content (AvgIpc) is 2.79. The first-order chi connectivity index (χ1) is 9.27. The summed E-state index contributed by atoms with van der Waals surface area (Å²) in [6.45, 7) is 3.50. The maximum absolute atomic E-state index is 13.0. The van der Waals surface area contributed by atoms with Crippen LogP contribution in [0.2, 0.25) is 0 Å². The minimum Gasteiger partial charge on any atom is -0.328 e. The minimum absolute atomic E-state index is 0.0373. The van der Waals surface area contributed by atoms with Crippen molar-refractivity contribution in [3.05, 3.63) is 35.1 Å². The first kappa shape index (κ1) is 15.3. The van der Waals surface area contributed by atoms with Crippen molar-refractivity contribution in [2.24, 2.45) is 11.7 Å². The molecule has 0 bridgehead atoms. The molecule has 6 heteroatoms. The summed E-state index contributed by atoms with van der Waals surface area (Å²) in [5.74, 6) is -0.555. The monoisotopic (exact) mass is 290 g/mol. The van der Waals surface area contributed by atoms with Crippen molar-refractivity contribution in [1.82, 2.24) is 4.90 Å². The third-order valence-electron chi connectivity index (χ3n) is 3.82. The van der Waals surface area contributed by atoms with Crippen LogP contribution in [-0.4, -0.2) is 24.0 Å². The van der Waals surface area contributed by atoms with Crippen LogP contribution >= 0.6 is 0 Å². The van der Waals surface area contributed by atoms with E-state index in [9.17, 15) is 17.6 Å². The fraction of sp³-hybridized carbons (Fsp3) is 0.571. The van der Waals surface area contributed by atoms with Crippen molar-refractivity contribution in [2.75, 3.05) is 13.1 Å². The second kappa shape index (κ2) is 5.69. The van der Waals surface area contributed by atoms with Crippen molar-refractivity contribution in [3.8, 4) is 0 Å². The predicted octanol–water partition coefficient (Wildman–Crippen LogP) is 3.01. The van der Waals surface area contributed by atoms with Crippen molar-refractivity contribution >= 4 is 0 Å². The van der Waals surface area contributed by atoms with Gasteiger partial charge in [0.2, 0.25) is 0 Å². The molecule has 0 spiro atoms.